The van der Waals surface area contributed by atoms with Crippen molar-refractivity contribution in [2.45, 2.75) is 24.9 Å². The minimum Gasteiger partial charge on any atom is -0.300 e. The van der Waals surface area contributed by atoms with Gasteiger partial charge in [0.25, 0.3) is 0 Å². The van der Waals surface area contributed by atoms with Gasteiger partial charge in [-0.15, -0.1) is 0 Å². The van der Waals surface area contributed by atoms with E-state index in [0.29, 0.717) is 11.7 Å². The molecule has 0 aliphatic carbocycles. The van der Waals surface area contributed by atoms with Gasteiger partial charge in [-0.1, -0.05) is 0 Å². The standard InChI is InChI=1S/C18H19FN4O/c19-15-2-1-12-10-20-16(8-13(12)7-15)21-17-9-18(24-22-17)11-23-5-3-14(18)4-6-23/h1-2,7-8,10,14H,3-6,9,11H2,(H,20,21,22)/t18-/m0/s1. The zero-order chi connectivity index (χ0) is 16.1. The third-order valence-electron chi connectivity index (χ3n) is 5.58. The molecule has 6 heteroatoms. The molecule has 4 fully saturated rings. The summed E-state index contributed by atoms with van der Waals surface area (Å²) in [5.41, 5.74) is 2.88. The van der Waals surface area contributed by atoms with Gasteiger partial charge in [-0.2, -0.15) is 0 Å². The van der Waals surface area contributed by atoms with E-state index in [-0.39, 0.29) is 11.4 Å². The predicted octanol–water partition coefficient (Wildman–Crippen LogP) is 2.79. The van der Waals surface area contributed by atoms with E-state index < -0.39 is 0 Å². The van der Waals surface area contributed by atoms with Crippen molar-refractivity contribution < 1.29 is 9.23 Å². The Labute approximate surface area is 139 Å². The zero-order valence-electron chi connectivity index (χ0n) is 13.3. The minimum atomic E-state index is -0.249. The Hall–Kier alpha value is -2.05. The third kappa shape index (κ3) is 2.29. The summed E-state index contributed by atoms with van der Waals surface area (Å²) in [6.07, 6.45) is 4.91. The Morgan fingerprint density at radius 1 is 1.25 bits per heavy atom. The van der Waals surface area contributed by atoms with Gasteiger partial charge in [-0.25, -0.2) is 14.4 Å². The summed E-state index contributed by atoms with van der Waals surface area (Å²) >= 11 is 0. The first-order valence-corrected chi connectivity index (χ1v) is 8.49. The molecule has 0 radical (unpaired) electrons. The monoisotopic (exact) mass is 326 g/mol. The van der Waals surface area contributed by atoms with E-state index in [1.54, 1.807) is 12.3 Å². The topological polar surface area (TPSA) is 49.8 Å². The normalized spacial score (nSPS) is 33.5. The molecule has 1 aromatic heterocycles. The highest BCUT2D eigenvalue weighted by atomic mass is 19.1. The quantitative estimate of drug-likeness (QED) is 0.875. The van der Waals surface area contributed by atoms with E-state index in [4.69, 9.17) is 4.84 Å². The molecule has 5 heterocycles. The molecular weight excluding hydrogens is 307 g/mol. The molecule has 0 amide bonds. The lowest BCUT2D eigenvalue weighted by Gasteiger charge is -2.49. The van der Waals surface area contributed by atoms with Crippen molar-refractivity contribution in [1.29, 1.82) is 0 Å². The maximum absolute atomic E-state index is 13.4. The molecule has 6 rings (SSSR count). The summed E-state index contributed by atoms with van der Waals surface area (Å²) in [6.45, 7) is 3.33. The average Bonchev–Trinajstić information content (AvgIpc) is 2.97. The Balaban J connectivity index is 1.43. The number of aliphatic imine (C=N–C) groups is 1. The molecule has 2 bridgehead atoms. The first-order valence-electron chi connectivity index (χ1n) is 8.49. The first kappa shape index (κ1) is 14.3. The van der Waals surface area contributed by atoms with E-state index in [9.17, 15) is 4.39 Å². The van der Waals surface area contributed by atoms with Crippen LogP contribution in [0.2, 0.25) is 0 Å². The Kier molecular flexibility index (Phi) is 3.11. The summed E-state index contributed by atoms with van der Waals surface area (Å²) in [6, 6.07) is 6.50. The number of hydroxylamine groups is 1. The molecule has 1 N–H and O–H groups in total. The van der Waals surface area contributed by atoms with E-state index in [1.807, 2.05) is 6.07 Å². The molecule has 2 aromatic rings. The lowest BCUT2D eigenvalue weighted by Crippen LogP contribution is -2.59. The number of nitrogens with one attached hydrogen (secondary N) is 1. The number of halogens is 1. The number of piperidine rings is 3. The largest absolute Gasteiger partial charge is 0.300 e. The van der Waals surface area contributed by atoms with Gasteiger partial charge in [0.05, 0.1) is 0 Å². The zero-order valence-corrected chi connectivity index (χ0v) is 13.3. The van der Waals surface area contributed by atoms with Gasteiger partial charge in [0.15, 0.2) is 5.82 Å². The molecule has 1 atom stereocenters. The number of fused-ring (bicyclic) bond motifs is 3. The molecule has 0 saturated carbocycles. The van der Waals surface area contributed by atoms with Crippen LogP contribution >= 0.6 is 0 Å². The molecule has 4 aliphatic rings. The molecular formula is C18H19FN4O. The average molecular weight is 326 g/mol. The number of nitrogens with zero attached hydrogens (tertiary/aromatic N) is 3. The fraction of sp³-hybridized carbons (Fsp3) is 0.444. The second kappa shape index (κ2) is 5.22. The molecule has 4 saturated heterocycles. The first-order chi connectivity index (χ1) is 11.7. The van der Waals surface area contributed by atoms with Crippen molar-refractivity contribution in [2.24, 2.45) is 10.9 Å². The van der Waals surface area contributed by atoms with Gasteiger partial charge >= 0.3 is 0 Å². The number of aromatic nitrogens is 1. The van der Waals surface area contributed by atoms with Crippen molar-refractivity contribution in [3.8, 4) is 0 Å². The van der Waals surface area contributed by atoms with Crippen molar-refractivity contribution >= 4 is 22.4 Å². The van der Waals surface area contributed by atoms with Gasteiger partial charge in [-0.05, 0) is 61.5 Å². The molecule has 5 nitrogen and oxygen atoms in total. The minimum absolute atomic E-state index is 0.141. The summed E-state index contributed by atoms with van der Waals surface area (Å²) < 4.78 is 13.4. The molecule has 0 unspecified atom stereocenters. The highest BCUT2D eigenvalue weighted by Crippen LogP contribution is 2.42. The summed E-state index contributed by atoms with van der Waals surface area (Å²) in [4.78, 5) is 17.4. The highest BCUT2D eigenvalue weighted by Gasteiger charge is 2.52. The third-order valence-corrected chi connectivity index (χ3v) is 5.58. The Bertz CT molecular complexity index is 831. The predicted molar refractivity (Wildman–Crippen MR) is 89.5 cm³/mol. The number of hydrogen-bond donors (Lipinski definition) is 1. The summed E-state index contributed by atoms with van der Waals surface area (Å²) in [5.74, 6) is 1.74. The van der Waals surface area contributed by atoms with Crippen LogP contribution < -0.4 is 5.48 Å². The summed E-state index contributed by atoms with van der Waals surface area (Å²) in [7, 11) is 0. The van der Waals surface area contributed by atoms with E-state index in [2.05, 4.69) is 20.4 Å². The van der Waals surface area contributed by atoms with Crippen molar-refractivity contribution in [1.82, 2.24) is 15.4 Å². The van der Waals surface area contributed by atoms with Crippen LogP contribution in [0, 0.1) is 11.7 Å². The molecule has 24 heavy (non-hydrogen) atoms. The van der Waals surface area contributed by atoms with Gasteiger partial charge in [-0.3, -0.25) is 10.3 Å². The van der Waals surface area contributed by atoms with E-state index >= 15 is 0 Å². The number of benzene rings is 1. The van der Waals surface area contributed by atoms with Crippen LogP contribution in [0.3, 0.4) is 0 Å². The number of rotatable bonds is 1. The number of amidine groups is 1. The second-order valence-corrected chi connectivity index (χ2v) is 7.09. The van der Waals surface area contributed by atoms with Crippen molar-refractivity contribution in [3.05, 3.63) is 36.3 Å². The van der Waals surface area contributed by atoms with Crippen LogP contribution in [0.15, 0.2) is 35.5 Å². The molecule has 4 aliphatic heterocycles. The van der Waals surface area contributed by atoms with Crippen LogP contribution in [0.5, 0.6) is 0 Å². The SMILES string of the molecule is Fc1ccc2cnc(N=C3C[C@@]4(CN5CCC4CC5)ON3)cc2c1. The van der Waals surface area contributed by atoms with Gasteiger partial charge in [0.1, 0.15) is 17.3 Å². The van der Waals surface area contributed by atoms with Gasteiger partial charge in [0, 0.05) is 24.5 Å². The van der Waals surface area contributed by atoms with Gasteiger partial charge < -0.3 is 4.90 Å². The lowest BCUT2D eigenvalue weighted by atomic mass is 9.74. The Morgan fingerprint density at radius 2 is 2.12 bits per heavy atom. The maximum Gasteiger partial charge on any atom is 0.154 e. The maximum atomic E-state index is 13.4. The highest BCUT2D eigenvalue weighted by molar-refractivity contribution is 5.88. The van der Waals surface area contributed by atoms with Crippen LogP contribution in [-0.2, 0) is 4.84 Å². The summed E-state index contributed by atoms with van der Waals surface area (Å²) in [5, 5.41) is 1.71. The molecule has 124 valence electrons. The van der Waals surface area contributed by atoms with Crippen molar-refractivity contribution in [2.75, 3.05) is 19.6 Å². The molecule has 1 spiro atoms. The Morgan fingerprint density at radius 3 is 2.92 bits per heavy atom. The van der Waals surface area contributed by atoms with Gasteiger partial charge in [0.2, 0.25) is 0 Å². The lowest BCUT2D eigenvalue weighted by molar-refractivity contribution is -0.150. The fourth-order valence-electron chi connectivity index (χ4n) is 4.32. The number of pyridine rings is 1. The van der Waals surface area contributed by atoms with Crippen molar-refractivity contribution in [3.63, 3.8) is 0 Å². The van der Waals surface area contributed by atoms with Crippen LogP contribution in [0.4, 0.5) is 10.2 Å². The van der Waals surface area contributed by atoms with E-state index in [0.717, 1.165) is 29.6 Å². The number of hydrogen-bond acceptors (Lipinski definition) is 4. The second-order valence-electron chi connectivity index (χ2n) is 7.09. The fourth-order valence-corrected chi connectivity index (χ4v) is 4.32. The van der Waals surface area contributed by atoms with Crippen LogP contribution in [-0.4, -0.2) is 41.0 Å². The molecule has 1 aromatic carbocycles. The smallest absolute Gasteiger partial charge is 0.154 e. The van der Waals surface area contributed by atoms with Crippen LogP contribution in [0.1, 0.15) is 19.3 Å². The van der Waals surface area contributed by atoms with Crippen LogP contribution in [0.25, 0.3) is 10.8 Å². The van der Waals surface area contributed by atoms with E-state index in [1.165, 1.54) is 38.1 Å².